The average Bonchev–Trinajstić information content (AvgIpc) is 3.32. The lowest BCUT2D eigenvalue weighted by Crippen LogP contribution is -2.40. The number of nitrogens with zero attached hydrogens (tertiary/aromatic N) is 5. The number of aryl methyl sites for hydroxylation is 2. The average molecular weight is 737 g/mol. The molecule has 2 aliphatic carbocycles. The van der Waals surface area contributed by atoms with Gasteiger partial charge in [-0.25, -0.2) is 28.5 Å². The zero-order valence-electron chi connectivity index (χ0n) is 25.8. The van der Waals surface area contributed by atoms with Gasteiger partial charge in [-0.3, -0.25) is 14.4 Å². The lowest BCUT2D eigenvalue weighted by atomic mass is 9.68. The molecule has 7 rings (SSSR count). The van der Waals surface area contributed by atoms with E-state index in [1.165, 1.54) is 52.4 Å². The maximum absolute atomic E-state index is 14.0. The molecule has 0 radical (unpaired) electrons. The zero-order chi connectivity index (χ0) is 34.2. The fourth-order valence-corrected chi connectivity index (χ4v) is 7.55. The van der Waals surface area contributed by atoms with E-state index in [0.717, 1.165) is 4.57 Å². The summed E-state index contributed by atoms with van der Waals surface area (Å²) < 4.78 is 15.8. The highest BCUT2D eigenvalue weighted by Crippen LogP contribution is 2.51. The van der Waals surface area contributed by atoms with Gasteiger partial charge in [-0.05, 0) is 39.7 Å². The van der Waals surface area contributed by atoms with Crippen LogP contribution in [0.5, 0.6) is 17.2 Å². The molecule has 2 aromatic carbocycles. The van der Waals surface area contributed by atoms with E-state index in [0.29, 0.717) is 38.7 Å². The summed E-state index contributed by atoms with van der Waals surface area (Å²) in [6, 6.07) is 6.90. The van der Waals surface area contributed by atoms with Gasteiger partial charge in [-0.1, -0.05) is 17.7 Å². The predicted octanol–water partition coefficient (Wildman–Crippen LogP) is 3.07. The molecular formula is C33H27BrClN5O8. The lowest BCUT2D eigenvalue weighted by molar-refractivity contribution is -0.115. The van der Waals surface area contributed by atoms with Crippen molar-refractivity contribution >= 4 is 50.1 Å². The van der Waals surface area contributed by atoms with Gasteiger partial charge in [-0.2, -0.15) is 0 Å². The lowest BCUT2D eigenvalue weighted by Gasteiger charge is -2.39. The molecule has 0 saturated carbocycles. The molecular weight excluding hydrogens is 710 g/mol. The van der Waals surface area contributed by atoms with E-state index in [1.807, 2.05) is 0 Å². The Hall–Kier alpha value is -4.95. The number of carbonyl (C=O) groups is 2. The molecule has 0 bridgehead atoms. The summed E-state index contributed by atoms with van der Waals surface area (Å²) in [4.78, 5) is 72.4. The van der Waals surface area contributed by atoms with Gasteiger partial charge in [0.05, 0.1) is 42.3 Å². The van der Waals surface area contributed by atoms with Crippen molar-refractivity contribution in [2.24, 2.45) is 7.05 Å². The first-order valence-corrected chi connectivity index (χ1v) is 16.0. The SMILES string of the molecule is COc1cc2nc(CCn3c(=O)n4n(c3=O)C3CC5=C(C(=O)C=C(Br)C5=O)C(c5cc(Cl)ccc5O)C3=CC4)c(=O)n(C)c2cc1OC. The van der Waals surface area contributed by atoms with Crippen molar-refractivity contribution in [3.63, 3.8) is 0 Å². The number of fused-ring (bicyclic) bond motifs is 4. The maximum Gasteiger partial charge on any atom is 0.347 e. The number of aromatic hydroxyl groups is 1. The highest BCUT2D eigenvalue weighted by molar-refractivity contribution is 9.12. The van der Waals surface area contributed by atoms with Gasteiger partial charge in [0, 0.05) is 72.3 Å². The molecule has 1 aliphatic heterocycles. The van der Waals surface area contributed by atoms with Crippen LogP contribution in [0.1, 0.15) is 29.6 Å². The fourth-order valence-electron chi connectivity index (χ4n) is 6.92. The molecule has 2 aromatic heterocycles. The van der Waals surface area contributed by atoms with E-state index in [9.17, 15) is 29.1 Å². The van der Waals surface area contributed by atoms with Crippen LogP contribution in [0.3, 0.4) is 0 Å². The molecule has 2 unspecified atom stereocenters. The Labute approximate surface area is 284 Å². The summed E-state index contributed by atoms with van der Waals surface area (Å²) in [7, 11) is 4.57. The van der Waals surface area contributed by atoms with Gasteiger partial charge in [-0.15, -0.1) is 0 Å². The monoisotopic (exact) mass is 735 g/mol. The second-order valence-electron chi connectivity index (χ2n) is 11.7. The fraction of sp³-hybridized carbons (Fsp3) is 0.273. The number of aromatic nitrogens is 5. The van der Waals surface area contributed by atoms with Gasteiger partial charge in [0.1, 0.15) is 11.4 Å². The number of halogens is 2. The third-order valence-corrected chi connectivity index (χ3v) is 10.0. The van der Waals surface area contributed by atoms with Crippen molar-refractivity contribution in [2.45, 2.75) is 37.9 Å². The van der Waals surface area contributed by atoms with E-state index in [-0.39, 0.29) is 53.0 Å². The van der Waals surface area contributed by atoms with E-state index in [2.05, 4.69) is 20.9 Å². The van der Waals surface area contributed by atoms with Crippen LogP contribution < -0.4 is 26.4 Å². The molecule has 13 nitrogen and oxygen atoms in total. The third kappa shape index (κ3) is 4.72. The number of Topliss-reactive ketones (excluding diaryl/α,β-unsaturated/α-hetero) is 1. The predicted molar refractivity (Wildman–Crippen MR) is 178 cm³/mol. The Kier molecular flexibility index (Phi) is 7.67. The van der Waals surface area contributed by atoms with Gasteiger partial charge < -0.3 is 19.1 Å². The molecule has 0 saturated heterocycles. The Morgan fingerprint density at radius 1 is 1.04 bits per heavy atom. The van der Waals surface area contributed by atoms with Crippen molar-refractivity contribution in [1.82, 2.24) is 23.5 Å². The first-order valence-electron chi connectivity index (χ1n) is 14.9. The molecule has 1 N–H and O–H groups in total. The number of carbonyl (C=O) groups excluding carboxylic acids is 2. The smallest absolute Gasteiger partial charge is 0.347 e. The van der Waals surface area contributed by atoms with Gasteiger partial charge in [0.15, 0.2) is 23.1 Å². The number of allylic oxidation sites excluding steroid dienone is 6. The minimum atomic E-state index is -0.898. The normalized spacial score (nSPS) is 18.7. The number of methoxy groups -OCH3 is 2. The number of ketones is 2. The summed E-state index contributed by atoms with van der Waals surface area (Å²) >= 11 is 9.50. The Morgan fingerprint density at radius 2 is 1.77 bits per heavy atom. The number of phenols is 1. The number of ether oxygens (including phenoxy) is 2. The largest absolute Gasteiger partial charge is 0.508 e. The van der Waals surface area contributed by atoms with Crippen molar-refractivity contribution in [1.29, 1.82) is 0 Å². The van der Waals surface area contributed by atoms with Gasteiger partial charge >= 0.3 is 11.4 Å². The number of hydrogen-bond donors (Lipinski definition) is 1. The molecule has 4 aromatic rings. The van der Waals surface area contributed by atoms with Crippen LogP contribution in [0.2, 0.25) is 5.02 Å². The molecule has 15 heteroatoms. The molecule has 246 valence electrons. The molecule has 48 heavy (non-hydrogen) atoms. The first-order chi connectivity index (χ1) is 22.9. The second kappa shape index (κ2) is 11.6. The number of benzene rings is 2. The van der Waals surface area contributed by atoms with Crippen LogP contribution in [0.25, 0.3) is 11.0 Å². The van der Waals surface area contributed by atoms with Gasteiger partial charge in [0.2, 0.25) is 0 Å². The first kappa shape index (κ1) is 31.6. The highest BCUT2D eigenvalue weighted by atomic mass is 79.9. The van der Waals surface area contributed by atoms with E-state index in [4.69, 9.17) is 21.1 Å². The molecule has 0 fully saturated rings. The van der Waals surface area contributed by atoms with Crippen LogP contribution >= 0.6 is 27.5 Å². The molecule has 3 heterocycles. The minimum Gasteiger partial charge on any atom is -0.508 e. The van der Waals surface area contributed by atoms with Crippen LogP contribution in [-0.4, -0.2) is 54.4 Å². The number of rotatable bonds is 6. The van der Waals surface area contributed by atoms with Crippen molar-refractivity contribution in [3.8, 4) is 17.2 Å². The van der Waals surface area contributed by atoms with Crippen LogP contribution in [0.15, 0.2) is 78.1 Å². The summed E-state index contributed by atoms with van der Waals surface area (Å²) in [5.41, 5.74) is 0.718. The molecule has 0 spiro atoms. The van der Waals surface area contributed by atoms with E-state index >= 15 is 0 Å². The Bertz CT molecular complexity index is 2400. The summed E-state index contributed by atoms with van der Waals surface area (Å²) in [6.45, 7) is -0.154. The van der Waals surface area contributed by atoms with Crippen molar-refractivity contribution in [3.05, 3.63) is 111 Å². The van der Waals surface area contributed by atoms with E-state index in [1.54, 1.807) is 25.3 Å². The standard InChI is InChI=1S/C33H27BrClN5O8/c1-37-23-14-27(48-3)26(47-2)13-21(23)36-20(31(37)44)7-8-38-32(45)39-9-6-16-22(40(39)33(38)46)11-18-29(25(42)12-19(34)30(18)43)28(16)17-10-15(35)4-5-24(17)41/h4-6,10,12-14,22,28,41H,7-9,11H2,1-3H3. The number of hydrogen-bond acceptors (Lipinski definition) is 9. The minimum absolute atomic E-state index is 0.00731. The molecule has 3 aliphatic rings. The second-order valence-corrected chi connectivity index (χ2v) is 12.9. The summed E-state index contributed by atoms with van der Waals surface area (Å²) in [5.74, 6) is -1.01. The molecule has 2 atom stereocenters. The van der Waals surface area contributed by atoms with Crippen LogP contribution in [0.4, 0.5) is 0 Å². The summed E-state index contributed by atoms with van der Waals surface area (Å²) in [5, 5.41) is 11.2. The zero-order valence-corrected chi connectivity index (χ0v) is 28.2. The quantitative estimate of drug-likeness (QED) is 0.232. The summed E-state index contributed by atoms with van der Waals surface area (Å²) in [6.07, 6.45) is 2.89. The molecule has 0 amide bonds. The topological polar surface area (TPSA) is 157 Å². The van der Waals surface area contributed by atoms with Crippen LogP contribution in [-0.2, 0) is 36.1 Å². The maximum atomic E-state index is 14.0. The Morgan fingerprint density at radius 3 is 2.50 bits per heavy atom. The van der Waals surface area contributed by atoms with Crippen LogP contribution in [0, 0.1) is 0 Å². The van der Waals surface area contributed by atoms with Crippen molar-refractivity contribution < 1.29 is 24.2 Å². The third-order valence-electron chi connectivity index (χ3n) is 9.20. The Balaban J connectivity index is 1.30. The van der Waals surface area contributed by atoms with E-state index < -0.39 is 40.5 Å². The van der Waals surface area contributed by atoms with Gasteiger partial charge in [0.25, 0.3) is 5.56 Å². The number of phenolic OH excluding ortho intramolecular Hbond substituents is 1. The highest BCUT2D eigenvalue weighted by Gasteiger charge is 2.45. The van der Waals surface area contributed by atoms with Crippen molar-refractivity contribution in [2.75, 3.05) is 14.2 Å².